The number of pyridine rings is 1. The Kier molecular flexibility index (Phi) is 6.49. The third-order valence-electron chi connectivity index (χ3n) is 8.47. The summed E-state index contributed by atoms with van der Waals surface area (Å²) < 4.78 is 9.51. The van der Waals surface area contributed by atoms with E-state index in [4.69, 9.17) is 4.74 Å². The van der Waals surface area contributed by atoms with Crippen LogP contribution in [-0.4, -0.2) is 0 Å². The van der Waals surface area contributed by atoms with Crippen molar-refractivity contribution in [3.8, 4) is 22.8 Å². The first kappa shape index (κ1) is 27.8. The smallest absolute Gasteiger partial charge is 0.228 e. The average Bonchev–Trinajstić information content (AvgIpc) is 2.86. The van der Waals surface area contributed by atoms with Gasteiger partial charge in [0.15, 0.2) is 6.20 Å². The first-order chi connectivity index (χ1) is 19.2. The maximum atomic E-state index is 7.20. The molecule has 6 rings (SSSR count). The van der Waals surface area contributed by atoms with Crippen LogP contribution in [0.3, 0.4) is 0 Å². The fraction of sp³-hybridized carbons (Fsp3) is 0.410. The molecule has 1 aromatic heterocycles. The Labute approximate surface area is 246 Å². The Morgan fingerprint density at radius 2 is 1.41 bits per heavy atom. The average molecular weight is 545 g/mol. The summed E-state index contributed by atoms with van der Waals surface area (Å²) in [5.41, 5.74) is 8.29. The minimum Gasteiger partial charge on any atom is -0.455 e. The largest absolute Gasteiger partial charge is 0.455 e. The molecule has 0 saturated heterocycles. The van der Waals surface area contributed by atoms with E-state index in [1.165, 1.54) is 65.8 Å². The van der Waals surface area contributed by atoms with Crippen LogP contribution >= 0.6 is 0 Å². The summed E-state index contributed by atoms with van der Waals surface area (Å²) in [4.78, 5) is 0. The van der Waals surface area contributed by atoms with E-state index in [0.29, 0.717) is 5.92 Å². The molecule has 2 heteroatoms. The highest BCUT2D eigenvalue weighted by molar-refractivity contribution is 6.13. The third-order valence-corrected chi connectivity index (χ3v) is 8.47. The zero-order valence-electron chi connectivity index (χ0n) is 26.8. The molecule has 0 N–H and O–H groups in total. The molecule has 2 heterocycles. The van der Waals surface area contributed by atoms with Gasteiger partial charge in [-0.25, -0.2) is 4.57 Å². The number of benzene rings is 4. The Morgan fingerprint density at radius 1 is 0.732 bits per heavy atom. The molecule has 41 heavy (non-hydrogen) atoms. The molecule has 0 radical (unpaired) electrons. The Hall–Kier alpha value is -3.39. The molecule has 0 saturated carbocycles. The highest BCUT2D eigenvalue weighted by Crippen LogP contribution is 2.53. The molecule has 0 bridgehead atoms. The lowest BCUT2D eigenvalue weighted by molar-refractivity contribution is -0.659. The van der Waals surface area contributed by atoms with Gasteiger partial charge in [0.05, 0.1) is 10.9 Å². The van der Waals surface area contributed by atoms with Crippen LogP contribution in [0.4, 0.5) is 0 Å². The van der Waals surface area contributed by atoms with Crippen LogP contribution in [0.5, 0.6) is 11.5 Å². The molecule has 0 amide bonds. The van der Waals surface area contributed by atoms with Crippen LogP contribution in [-0.2, 0) is 26.3 Å². The summed E-state index contributed by atoms with van der Waals surface area (Å²) in [5.74, 6) is 2.67. The monoisotopic (exact) mass is 544 g/mol. The Bertz CT molecular complexity index is 1840. The van der Waals surface area contributed by atoms with Crippen molar-refractivity contribution < 1.29 is 9.30 Å². The van der Waals surface area contributed by atoms with E-state index in [1.807, 2.05) is 0 Å². The van der Waals surface area contributed by atoms with Gasteiger partial charge in [0.1, 0.15) is 18.5 Å². The van der Waals surface area contributed by atoms with Crippen molar-refractivity contribution in [2.45, 2.75) is 81.6 Å². The van der Waals surface area contributed by atoms with Crippen LogP contribution in [0.25, 0.3) is 43.6 Å². The van der Waals surface area contributed by atoms with E-state index in [9.17, 15) is 0 Å². The quantitative estimate of drug-likeness (QED) is 0.159. The number of ether oxygens (including phenoxy) is 1. The number of aromatic nitrogens is 1. The van der Waals surface area contributed by atoms with Crippen LogP contribution in [0.15, 0.2) is 54.7 Å². The standard InChI is InChI=1S/C39H46NO/c1-23(2)17-25-11-13-29-28(18-25)20-27-15-16-40(10)35-33-24(3)31-19-26(21-38(4,5)6)12-14-30(31)32(22-39(7,8)9)37(33)41-36(29)34(27)35/h11-16,18-20,23H,17,21-22H2,1-10H3/q+1. The van der Waals surface area contributed by atoms with Gasteiger partial charge in [0.25, 0.3) is 0 Å². The van der Waals surface area contributed by atoms with Crippen molar-refractivity contribution in [2.24, 2.45) is 23.8 Å². The first-order valence-electron chi connectivity index (χ1n) is 15.3. The van der Waals surface area contributed by atoms with Crippen molar-refractivity contribution in [3.05, 3.63) is 77.0 Å². The molecule has 0 fully saturated rings. The topological polar surface area (TPSA) is 13.1 Å². The van der Waals surface area contributed by atoms with E-state index in [0.717, 1.165) is 30.8 Å². The van der Waals surface area contributed by atoms with E-state index < -0.39 is 0 Å². The molecular formula is C39H46NO+. The summed E-state index contributed by atoms with van der Waals surface area (Å²) in [6, 6.07) is 18.7. The van der Waals surface area contributed by atoms with E-state index in [-0.39, 0.29) is 10.8 Å². The molecule has 0 unspecified atom stereocenters. The number of nitrogens with zero attached hydrogens (tertiary/aromatic N) is 1. The van der Waals surface area contributed by atoms with E-state index in [2.05, 4.69) is 129 Å². The molecule has 212 valence electrons. The zero-order chi connectivity index (χ0) is 29.4. The normalized spacial score (nSPS) is 13.3. The summed E-state index contributed by atoms with van der Waals surface area (Å²) in [5, 5.41) is 7.60. The molecule has 5 aromatic rings. The van der Waals surface area contributed by atoms with Crippen LogP contribution in [0.1, 0.15) is 77.6 Å². The maximum Gasteiger partial charge on any atom is 0.228 e. The molecule has 0 aliphatic carbocycles. The van der Waals surface area contributed by atoms with Gasteiger partial charge in [0, 0.05) is 17.0 Å². The Balaban J connectivity index is 1.70. The summed E-state index contributed by atoms with van der Waals surface area (Å²) in [6.07, 6.45) is 5.31. The number of aryl methyl sites for hydroxylation is 2. The summed E-state index contributed by atoms with van der Waals surface area (Å²) >= 11 is 0. The molecule has 1 aliphatic heterocycles. The van der Waals surface area contributed by atoms with E-state index >= 15 is 0 Å². The molecule has 1 aliphatic rings. The van der Waals surface area contributed by atoms with Crippen molar-refractivity contribution >= 4 is 32.3 Å². The second-order valence-corrected chi connectivity index (χ2v) is 15.4. The molecule has 4 aromatic carbocycles. The molecule has 2 nitrogen and oxygen atoms in total. The van der Waals surface area contributed by atoms with Gasteiger partial charge >= 0.3 is 0 Å². The van der Waals surface area contributed by atoms with Crippen molar-refractivity contribution in [1.29, 1.82) is 0 Å². The van der Waals surface area contributed by atoms with Gasteiger partial charge in [-0.15, -0.1) is 0 Å². The van der Waals surface area contributed by atoms with Gasteiger partial charge in [-0.2, -0.15) is 0 Å². The number of rotatable bonds is 4. The number of hydrogen-bond acceptors (Lipinski definition) is 1. The highest BCUT2D eigenvalue weighted by Gasteiger charge is 2.35. The fourth-order valence-electron chi connectivity index (χ4n) is 6.94. The van der Waals surface area contributed by atoms with Crippen molar-refractivity contribution in [2.75, 3.05) is 0 Å². The minimum atomic E-state index is 0.113. The fourth-order valence-corrected chi connectivity index (χ4v) is 6.94. The van der Waals surface area contributed by atoms with Crippen LogP contribution in [0.2, 0.25) is 0 Å². The Morgan fingerprint density at radius 3 is 2.10 bits per heavy atom. The minimum absolute atomic E-state index is 0.113. The van der Waals surface area contributed by atoms with E-state index in [1.54, 1.807) is 0 Å². The van der Waals surface area contributed by atoms with Crippen LogP contribution in [0, 0.1) is 23.7 Å². The van der Waals surface area contributed by atoms with Gasteiger partial charge in [-0.1, -0.05) is 91.8 Å². The number of hydrogen-bond donors (Lipinski definition) is 0. The lowest BCUT2D eigenvalue weighted by atomic mass is 9.80. The SMILES string of the molecule is Cc1c2c(c(CC(C)(C)C)c3ccc(CC(C)(C)C)cc13)Oc1c3ccc(CC(C)C)cc3cc3cc[n+](C)c-2c13. The molecular weight excluding hydrogens is 498 g/mol. The summed E-state index contributed by atoms with van der Waals surface area (Å²) in [7, 11) is 2.19. The predicted molar refractivity (Wildman–Crippen MR) is 175 cm³/mol. The van der Waals surface area contributed by atoms with Gasteiger partial charge < -0.3 is 4.74 Å². The lowest BCUT2D eigenvalue weighted by Crippen LogP contribution is -2.32. The second-order valence-electron chi connectivity index (χ2n) is 15.4. The van der Waals surface area contributed by atoms with Gasteiger partial charge in [-0.3, -0.25) is 0 Å². The van der Waals surface area contributed by atoms with Gasteiger partial charge in [-0.05, 0) is 87.2 Å². The number of fused-ring (bicyclic) bond motifs is 5. The molecule has 0 spiro atoms. The van der Waals surface area contributed by atoms with Crippen molar-refractivity contribution in [3.63, 3.8) is 0 Å². The molecule has 0 atom stereocenters. The zero-order valence-corrected chi connectivity index (χ0v) is 26.8. The lowest BCUT2D eigenvalue weighted by Gasteiger charge is -2.29. The second kappa shape index (κ2) is 9.58. The summed E-state index contributed by atoms with van der Waals surface area (Å²) in [6.45, 7) is 20.9. The van der Waals surface area contributed by atoms with Crippen molar-refractivity contribution in [1.82, 2.24) is 0 Å². The maximum absolute atomic E-state index is 7.20. The highest BCUT2D eigenvalue weighted by atomic mass is 16.5. The third kappa shape index (κ3) is 5.00. The predicted octanol–water partition coefficient (Wildman–Crippen LogP) is 10.4. The van der Waals surface area contributed by atoms with Gasteiger partial charge in [0.2, 0.25) is 5.69 Å². The van der Waals surface area contributed by atoms with Crippen LogP contribution < -0.4 is 9.30 Å². The first-order valence-corrected chi connectivity index (χ1v) is 15.3.